The van der Waals surface area contributed by atoms with Gasteiger partial charge < -0.3 is 5.73 Å². The zero-order chi connectivity index (χ0) is 14.8. The highest BCUT2D eigenvalue weighted by Gasteiger charge is 2.29. The van der Waals surface area contributed by atoms with E-state index in [2.05, 4.69) is 18.7 Å². The van der Waals surface area contributed by atoms with Crippen LogP contribution in [0.5, 0.6) is 0 Å². The lowest BCUT2D eigenvalue weighted by molar-refractivity contribution is 0.0791. The van der Waals surface area contributed by atoms with Gasteiger partial charge in [0.1, 0.15) is 4.21 Å². The van der Waals surface area contributed by atoms with Crippen LogP contribution in [0.3, 0.4) is 0 Å². The predicted molar refractivity (Wildman–Crippen MR) is 82.0 cm³/mol. The van der Waals surface area contributed by atoms with Gasteiger partial charge in [0, 0.05) is 17.0 Å². The third kappa shape index (κ3) is 3.59. The number of nitrogens with two attached hydrogens (primary N) is 1. The number of nitrogens with one attached hydrogen (secondary N) is 1. The molecular formula is C13H23N3O2S2. The normalized spacial score (nSPS) is 24.9. The van der Waals surface area contributed by atoms with Gasteiger partial charge in [0.25, 0.3) is 10.0 Å². The number of thiophene rings is 1. The summed E-state index contributed by atoms with van der Waals surface area (Å²) in [6.45, 7) is 4.66. The number of sulfonamides is 1. The van der Waals surface area contributed by atoms with E-state index in [0.717, 1.165) is 30.6 Å². The van der Waals surface area contributed by atoms with Gasteiger partial charge in [-0.2, -0.15) is 0 Å². The van der Waals surface area contributed by atoms with Gasteiger partial charge in [-0.1, -0.05) is 6.42 Å². The molecule has 5 nitrogen and oxygen atoms in total. The highest BCUT2D eigenvalue weighted by atomic mass is 32.2. The molecule has 1 aromatic heterocycles. The molecule has 7 heteroatoms. The average molecular weight is 317 g/mol. The van der Waals surface area contributed by atoms with Crippen LogP contribution >= 0.6 is 11.3 Å². The highest BCUT2D eigenvalue weighted by Crippen LogP contribution is 2.25. The minimum Gasteiger partial charge on any atom is -0.330 e. The van der Waals surface area contributed by atoms with Crippen molar-refractivity contribution in [2.45, 2.75) is 55.8 Å². The molecule has 20 heavy (non-hydrogen) atoms. The molecule has 1 aliphatic heterocycles. The molecule has 2 unspecified atom stereocenters. The van der Waals surface area contributed by atoms with Gasteiger partial charge in [0.15, 0.2) is 0 Å². The van der Waals surface area contributed by atoms with E-state index in [1.807, 2.05) is 11.1 Å². The van der Waals surface area contributed by atoms with Gasteiger partial charge in [0.2, 0.25) is 0 Å². The van der Waals surface area contributed by atoms with E-state index in [1.54, 1.807) is 6.07 Å². The maximum atomic E-state index is 12.4. The first-order chi connectivity index (χ1) is 9.44. The Hall–Kier alpha value is -0.470. The maximum absolute atomic E-state index is 12.4. The Labute approximate surface area is 125 Å². The molecule has 1 saturated heterocycles. The van der Waals surface area contributed by atoms with Gasteiger partial charge in [-0.3, -0.25) is 0 Å². The molecule has 1 aliphatic rings. The number of rotatable bonds is 5. The van der Waals surface area contributed by atoms with Crippen molar-refractivity contribution < 1.29 is 8.42 Å². The lowest BCUT2D eigenvalue weighted by atomic mass is 10.0. The van der Waals surface area contributed by atoms with Gasteiger partial charge in [0.05, 0.1) is 0 Å². The van der Waals surface area contributed by atoms with Crippen LogP contribution in [-0.4, -0.2) is 32.1 Å². The smallest absolute Gasteiger partial charge is 0.262 e. The number of hydrazine groups is 1. The van der Waals surface area contributed by atoms with Gasteiger partial charge in [-0.15, -0.1) is 16.2 Å². The lowest BCUT2D eigenvalue weighted by Gasteiger charge is -2.38. The monoisotopic (exact) mass is 317 g/mol. The SMILES string of the molecule is CC1CCCC(C)N1NS(=O)(=O)c1ccc(CCN)s1. The summed E-state index contributed by atoms with van der Waals surface area (Å²) >= 11 is 1.30. The minimum absolute atomic E-state index is 0.233. The first kappa shape index (κ1) is 15.9. The Balaban J connectivity index is 2.13. The van der Waals surface area contributed by atoms with E-state index in [1.165, 1.54) is 11.3 Å². The summed E-state index contributed by atoms with van der Waals surface area (Å²) in [7, 11) is -3.47. The van der Waals surface area contributed by atoms with E-state index in [9.17, 15) is 8.42 Å². The second-order valence-electron chi connectivity index (χ2n) is 5.39. The number of hydrogen-bond acceptors (Lipinski definition) is 5. The van der Waals surface area contributed by atoms with Gasteiger partial charge in [-0.25, -0.2) is 13.4 Å². The zero-order valence-electron chi connectivity index (χ0n) is 12.0. The summed E-state index contributed by atoms with van der Waals surface area (Å²) in [5.41, 5.74) is 5.50. The fourth-order valence-electron chi connectivity index (χ4n) is 2.56. The molecule has 1 fully saturated rings. The molecule has 3 N–H and O–H groups in total. The topological polar surface area (TPSA) is 75.4 Å². The molecule has 0 aromatic carbocycles. The van der Waals surface area contributed by atoms with Crippen LogP contribution in [0.15, 0.2) is 16.3 Å². The Morgan fingerprint density at radius 1 is 1.35 bits per heavy atom. The molecule has 1 aromatic rings. The third-order valence-corrected chi connectivity index (χ3v) is 6.68. The fraction of sp³-hybridized carbons (Fsp3) is 0.692. The van der Waals surface area contributed by atoms with E-state index >= 15 is 0 Å². The first-order valence-electron chi connectivity index (χ1n) is 7.03. The summed E-state index contributed by atoms with van der Waals surface area (Å²) in [5, 5.41) is 1.88. The Kier molecular flexibility index (Phi) is 5.19. The van der Waals surface area contributed by atoms with Crippen LogP contribution in [0.1, 0.15) is 38.0 Å². The molecule has 2 atom stereocenters. The van der Waals surface area contributed by atoms with Crippen molar-refractivity contribution in [3.63, 3.8) is 0 Å². The summed E-state index contributed by atoms with van der Waals surface area (Å²) in [5.74, 6) is 0. The van der Waals surface area contributed by atoms with Crippen LogP contribution < -0.4 is 10.6 Å². The maximum Gasteiger partial charge on any atom is 0.262 e. The second-order valence-corrected chi connectivity index (χ2v) is 8.45. The van der Waals surface area contributed by atoms with E-state index < -0.39 is 10.0 Å². The second kappa shape index (κ2) is 6.53. The fourth-order valence-corrected chi connectivity index (χ4v) is 5.16. The first-order valence-corrected chi connectivity index (χ1v) is 9.33. The lowest BCUT2D eigenvalue weighted by Crippen LogP contribution is -2.53. The van der Waals surface area contributed by atoms with Crippen molar-refractivity contribution in [1.29, 1.82) is 0 Å². The molecule has 2 heterocycles. The van der Waals surface area contributed by atoms with Crippen LogP contribution in [0.4, 0.5) is 0 Å². The molecule has 0 spiro atoms. The average Bonchev–Trinajstić information content (AvgIpc) is 2.84. The van der Waals surface area contributed by atoms with Crippen molar-refractivity contribution in [2.75, 3.05) is 6.54 Å². The Bertz CT molecular complexity index is 532. The van der Waals surface area contributed by atoms with Crippen molar-refractivity contribution in [3.8, 4) is 0 Å². The molecule has 0 aliphatic carbocycles. The van der Waals surface area contributed by atoms with Crippen LogP contribution in [-0.2, 0) is 16.4 Å². The summed E-state index contributed by atoms with van der Waals surface area (Å²) in [6.07, 6.45) is 3.92. The number of nitrogens with zero attached hydrogens (tertiary/aromatic N) is 1. The van der Waals surface area contributed by atoms with Crippen LogP contribution in [0.2, 0.25) is 0 Å². The molecule has 0 amide bonds. The summed E-state index contributed by atoms with van der Waals surface area (Å²) in [6, 6.07) is 3.97. The van der Waals surface area contributed by atoms with Crippen LogP contribution in [0, 0.1) is 0 Å². The highest BCUT2D eigenvalue weighted by molar-refractivity contribution is 7.91. The Morgan fingerprint density at radius 2 is 2.00 bits per heavy atom. The summed E-state index contributed by atoms with van der Waals surface area (Å²) < 4.78 is 25.2. The van der Waals surface area contributed by atoms with Crippen molar-refractivity contribution in [2.24, 2.45) is 5.73 Å². The number of piperidine rings is 1. The van der Waals surface area contributed by atoms with E-state index in [0.29, 0.717) is 10.8 Å². The largest absolute Gasteiger partial charge is 0.330 e. The molecular weight excluding hydrogens is 294 g/mol. The minimum atomic E-state index is -3.47. The predicted octanol–water partition coefficient (Wildman–Crippen LogP) is 1.71. The zero-order valence-corrected chi connectivity index (χ0v) is 13.6. The van der Waals surface area contributed by atoms with E-state index in [-0.39, 0.29) is 12.1 Å². The van der Waals surface area contributed by atoms with Crippen molar-refractivity contribution in [3.05, 3.63) is 17.0 Å². The molecule has 2 rings (SSSR count). The van der Waals surface area contributed by atoms with Crippen LogP contribution in [0.25, 0.3) is 0 Å². The van der Waals surface area contributed by atoms with Crippen molar-refractivity contribution in [1.82, 2.24) is 9.84 Å². The summed E-state index contributed by atoms with van der Waals surface area (Å²) in [4.78, 5) is 3.76. The standard InChI is InChI=1S/C13H23N3O2S2/c1-10-4-3-5-11(2)16(10)15-20(17,18)13-7-6-12(19-13)8-9-14/h6-7,10-11,15H,3-5,8-9,14H2,1-2H3. The number of hydrogen-bond donors (Lipinski definition) is 2. The molecule has 0 saturated carbocycles. The molecule has 0 radical (unpaired) electrons. The molecule has 114 valence electrons. The van der Waals surface area contributed by atoms with Crippen molar-refractivity contribution >= 4 is 21.4 Å². The van der Waals surface area contributed by atoms with E-state index in [4.69, 9.17) is 5.73 Å². The quantitative estimate of drug-likeness (QED) is 0.867. The van der Waals surface area contributed by atoms with Gasteiger partial charge in [-0.05, 0) is 51.8 Å². The van der Waals surface area contributed by atoms with Gasteiger partial charge >= 0.3 is 0 Å². The third-order valence-electron chi connectivity index (χ3n) is 3.71. The molecule has 0 bridgehead atoms. The Morgan fingerprint density at radius 3 is 2.60 bits per heavy atom.